The number of furan rings is 1. The van der Waals surface area contributed by atoms with E-state index in [4.69, 9.17) is 14.6 Å². The van der Waals surface area contributed by atoms with Crippen molar-refractivity contribution in [3.05, 3.63) is 188 Å². The Morgan fingerprint density at radius 1 is 0.321 bits per heavy atom. The summed E-state index contributed by atoms with van der Waals surface area (Å²) in [6.07, 6.45) is 0. The van der Waals surface area contributed by atoms with Gasteiger partial charge >= 0.3 is 0 Å². The van der Waals surface area contributed by atoms with E-state index in [2.05, 4.69) is 165 Å². The molecule has 6 heteroatoms. The van der Waals surface area contributed by atoms with E-state index in [1.807, 2.05) is 36.4 Å². The van der Waals surface area contributed by atoms with Crippen LogP contribution in [0.3, 0.4) is 0 Å². The van der Waals surface area contributed by atoms with E-state index in [9.17, 15) is 0 Å². The molecule has 0 atom stereocenters. The molecule has 56 heavy (non-hydrogen) atoms. The Kier molecular flexibility index (Phi) is 6.53. The van der Waals surface area contributed by atoms with Gasteiger partial charge in [-0.15, -0.1) is 10.2 Å². The summed E-state index contributed by atoms with van der Waals surface area (Å²) in [5.41, 5.74) is 11.4. The van der Waals surface area contributed by atoms with Gasteiger partial charge in [0.15, 0.2) is 11.6 Å². The van der Waals surface area contributed by atoms with Crippen LogP contribution in [0.25, 0.3) is 105 Å². The Bertz CT molecular complexity index is 3480. The fraction of sp³-hybridized carbons (Fsp3) is 0. The van der Waals surface area contributed by atoms with Crippen LogP contribution in [0.5, 0.6) is 0 Å². The molecule has 4 heterocycles. The minimum atomic E-state index is 0.779. The van der Waals surface area contributed by atoms with Gasteiger partial charge in [0.25, 0.3) is 0 Å². The molecule has 6 nitrogen and oxygen atoms in total. The molecule has 0 saturated heterocycles. The first-order valence-electron chi connectivity index (χ1n) is 18.8. The van der Waals surface area contributed by atoms with Gasteiger partial charge in [-0.1, -0.05) is 127 Å². The van der Waals surface area contributed by atoms with E-state index < -0.39 is 0 Å². The van der Waals surface area contributed by atoms with Crippen LogP contribution in [0.15, 0.2) is 192 Å². The van der Waals surface area contributed by atoms with Crippen LogP contribution < -0.4 is 0 Å². The molecule has 0 N–H and O–H groups in total. The summed E-state index contributed by atoms with van der Waals surface area (Å²) >= 11 is 0. The molecule has 0 spiro atoms. The van der Waals surface area contributed by atoms with Gasteiger partial charge < -0.3 is 13.6 Å². The predicted molar refractivity (Wildman–Crippen MR) is 228 cm³/mol. The van der Waals surface area contributed by atoms with E-state index in [1.54, 1.807) is 0 Å². The molecule has 12 aromatic rings. The average molecular weight is 718 g/mol. The molecule has 4 aromatic heterocycles. The molecule has 0 unspecified atom stereocenters. The summed E-state index contributed by atoms with van der Waals surface area (Å²) in [5, 5.41) is 16.6. The SMILES string of the molecule is c1ccc(-c2nnc(-c3ccc4c5ccccc5n(-c5ccccc5-n5c6ccccc6c6cc7oc8ccccc8c7cc65)c4c3)n2-c2ccccc2)cc1. The topological polar surface area (TPSA) is 53.7 Å². The van der Waals surface area contributed by atoms with Crippen molar-refractivity contribution in [1.82, 2.24) is 23.9 Å². The molecule has 0 aliphatic carbocycles. The van der Waals surface area contributed by atoms with Crippen molar-refractivity contribution in [2.45, 2.75) is 0 Å². The second-order valence-electron chi connectivity index (χ2n) is 14.3. The van der Waals surface area contributed by atoms with E-state index in [0.717, 1.165) is 89.2 Å². The lowest BCUT2D eigenvalue weighted by Crippen LogP contribution is -2.03. The number of aromatic nitrogens is 5. The van der Waals surface area contributed by atoms with Gasteiger partial charge in [0.1, 0.15) is 11.2 Å². The van der Waals surface area contributed by atoms with Crippen molar-refractivity contribution in [2.24, 2.45) is 0 Å². The Balaban J connectivity index is 1.14. The Labute approximate surface area is 320 Å². The number of hydrogen-bond donors (Lipinski definition) is 0. The van der Waals surface area contributed by atoms with Crippen molar-refractivity contribution < 1.29 is 4.42 Å². The predicted octanol–water partition coefficient (Wildman–Crippen LogP) is 12.7. The zero-order valence-corrected chi connectivity index (χ0v) is 30.0. The van der Waals surface area contributed by atoms with Crippen LogP contribution in [0.4, 0.5) is 0 Å². The molecule has 12 rings (SSSR count). The minimum absolute atomic E-state index is 0.779. The molecule has 0 radical (unpaired) electrons. The summed E-state index contributed by atoms with van der Waals surface area (Å²) in [7, 11) is 0. The Hall–Kier alpha value is -7.70. The quantitative estimate of drug-likeness (QED) is 0.178. The van der Waals surface area contributed by atoms with Crippen LogP contribution in [-0.2, 0) is 0 Å². The first-order chi connectivity index (χ1) is 27.8. The summed E-state index contributed by atoms with van der Waals surface area (Å²) in [6, 6.07) is 66.2. The maximum Gasteiger partial charge on any atom is 0.168 e. The number of rotatable bonds is 5. The second kappa shape index (κ2) is 11.9. The highest BCUT2D eigenvalue weighted by Gasteiger charge is 2.23. The van der Waals surface area contributed by atoms with Crippen molar-refractivity contribution in [2.75, 3.05) is 0 Å². The van der Waals surface area contributed by atoms with Gasteiger partial charge in [-0.3, -0.25) is 4.57 Å². The molecule has 8 aromatic carbocycles. The highest BCUT2D eigenvalue weighted by molar-refractivity contribution is 6.17. The minimum Gasteiger partial charge on any atom is -0.456 e. The molecule has 0 aliphatic heterocycles. The van der Waals surface area contributed by atoms with E-state index in [1.165, 1.54) is 16.2 Å². The standard InChI is InChI=1S/C50H31N5O/c1-3-15-32(16-4-1)49-51-52-50(53(49)34-17-5-2-6-18-34)33-27-28-37-35-19-7-10-22-41(35)54(45(37)29-33)43-24-12-13-25-44(43)55-42-23-11-8-20-36(42)39-31-48-40(30-46(39)55)38-21-9-14-26-47(38)56-48/h1-31H. The van der Waals surface area contributed by atoms with Gasteiger partial charge in [-0.25, -0.2) is 0 Å². The first-order valence-corrected chi connectivity index (χ1v) is 18.8. The smallest absolute Gasteiger partial charge is 0.168 e. The summed E-state index contributed by atoms with van der Waals surface area (Å²) in [4.78, 5) is 0. The van der Waals surface area contributed by atoms with Gasteiger partial charge in [0.2, 0.25) is 0 Å². The van der Waals surface area contributed by atoms with Gasteiger partial charge in [0.05, 0.1) is 33.4 Å². The van der Waals surface area contributed by atoms with Gasteiger partial charge in [0, 0.05) is 49.1 Å². The lowest BCUT2D eigenvalue weighted by atomic mass is 10.1. The largest absolute Gasteiger partial charge is 0.456 e. The molecule has 0 saturated carbocycles. The summed E-state index contributed by atoms with van der Waals surface area (Å²) < 4.78 is 13.4. The van der Waals surface area contributed by atoms with Crippen molar-refractivity contribution in [1.29, 1.82) is 0 Å². The van der Waals surface area contributed by atoms with Crippen molar-refractivity contribution in [3.63, 3.8) is 0 Å². The third-order valence-electron chi connectivity index (χ3n) is 11.2. The van der Waals surface area contributed by atoms with E-state index >= 15 is 0 Å². The van der Waals surface area contributed by atoms with Crippen molar-refractivity contribution in [3.8, 4) is 39.8 Å². The lowest BCUT2D eigenvalue weighted by Gasteiger charge is -2.17. The number of para-hydroxylation sites is 6. The fourth-order valence-corrected chi connectivity index (χ4v) is 8.72. The molecular formula is C50H31N5O. The normalized spacial score (nSPS) is 11.9. The average Bonchev–Trinajstić information content (AvgIpc) is 4.03. The molecule has 0 fully saturated rings. The zero-order chi connectivity index (χ0) is 36.7. The third kappa shape index (κ3) is 4.44. The van der Waals surface area contributed by atoms with Gasteiger partial charge in [-0.2, -0.15) is 0 Å². The maximum absolute atomic E-state index is 6.39. The first kappa shape index (κ1) is 30.7. The molecule has 262 valence electrons. The number of benzene rings is 8. The molecule has 0 bridgehead atoms. The third-order valence-corrected chi connectivity index (χ3v) is 11.2. The highest BCUT2D eigenvalue weighted by atomic mass is 16.3. The van der Waals surface area contributed by atoms with E-state index in [0.29, 0.717) is 0 Å². The molecular weight excluding hydrogens is 687 g/mol. The number of hydrogen-bond acceptors (Lipinski definition) is 3. The van der Waals surface area contributed by atoms with Crippen molar-refractivity contribution >= 4 is 65.6 Å². The fourth-order valence-electron chi connectivity index (χ4n) is 8.72. The Morgan fingerprint density at radius 3 is 1.57 bits per heavy atom. The van der Waals surface area contributed by atoms with E-state index in [-0.39, 0.29) is 0 Å². The van der Waals surface area contributed by atoms with Gasteiger partial charge in [-0.05, 0) is 60.7 Å². The zero-order valence-electron chi connectivity index (χ0n) is 30.0. The Morgan fingerprint density at radius 2 is 0.857 bits per heavy atom. The van der Waals surface area contributed by atoms with Crippen LogP contribution in [0, 0.1) is 0 Å². The monoisotopic (exact) mass is 717 g/mol. The number of nitrogens with zero attached hydrogens (tertiary/aromatic N) is 5. The molecule has 0 aliphatic rings. The summed E-state index contributed by atoms with van der Waals surface area (Å²) in [5.74, 6) is 1.57. The maximum atomic E-state index is 6.39. The highest BCUT2D eigenvalue weighted by Crippen LogP contribution is 2.42. The second-order valence-corrected chi connectivity index (χ2v) is 14.3. The van der Waals surface area contributed by atoms with Crippen LogP contribution in [-0.4, -0.2) is 23.9 Å². The number of fused-ring (bicyclic) bond motifs is 9. The summed E-state index contributed by atoms with van der Waals surface area (Å²) in [6.45, 7) is 0. The lowest BCUT2D eigenvalue weighted by molar-refractivity contribution is 0.669. The van der Waals surface area contributed by atoms with Crippen LogP contribution >= 0.6 is 0 Å². The van der Waals surface area contributed by atoms with Crippen LogP contribution in [0.2, 0.25) is 0 Å². The molecule has 0 amide bonds. The van der Waals surface area contributed by atoms with Crippen LogP contribution in [0.1, 0.15) is 0 Å².